The molecule has 2 unspecified atom stereocenters. The van der Waals surface area contributed by atoms with Gasteiger partial charge in [0.15, 0.2) is 0 Å². The Morgan fingerprint density at radius 3 is 2.38 bits per heavy atom. The maximum atomic E-state index is 13.7. The van der Waals surface area contributed by atoms with Crippen molar-refractivity contribution < 1.29 is 14.3 Å². The van der Waals surface area contributed by atoms with Crippen molar-refractivity contribution in [2.24, 2.45) is 5.92 Å². The molecule has 7 heteroatoms. The Kier molecular flexibility index (Phi) is 7.71. The van der Waals surface area contributed by atoms with Gasteiger partial charge in [0, 0.05) is 37.5 Å². The minimum Gasteiger partial charge on any atom is -0.492 e. The van der Waals surface area contributed by atoms with Gasteiger partial charge in [0.1, 0.15) is 11.8 Å². The Morgan fingerprint density at radius 1 is 1.03 bits per heavy atom. The van der Waals surface area contributed by atoms with Crippen LogP contribution in [0.2, 0.25) is 0 Å². The van der Waals surface area contributed by atoms with Gasteiger partial charge in [0.2, 0.25) is 5.91 Å². The van der Waals surface area contributed by atoms with Gasteiger partial charge in [0.25, 0.3) is 5.91 Å². The molecule has 0 bridgehead atoms. The first-order chi connectivity index (χ1) is 16.4. The lowest BCUT2D eigenvalue weighted by Gasteiger charge is -2.39. The van der Waals surface area contributed by atoms with Gasteiger partial charge in [-0.1, -0.05) is 44.2 Å². The SMILES string of the molecule is CCOc1ccccc1N1CCN(C(=O)C2CSC(C(C)C)N2C(=O)c2ccccc2C)CC1. The minimum atomic E-state index is -0.424. The molecule has 6 nitrogen and oxygen atoms in total. The molecule has 0 aromatic heterocycles. The summed E-state index contributed by atoms with van der Waals surface area (Å²) in [6, 6.07) is 15.3. The number of para-hydroxylation sites is 2. The minimum absolute atomic E-state index is 0.000384. The maximum absolute atomic E-state index is 13.7. The van der Waals surface area contributed by atoms with Crippen molar-refractivity contribution in [1.82, 2.24) is 9.80 Å². The summed E-state index contributed by atoms with van der Waals surface area (Å²) in [7, 11) is 0. The lowest BCUT2D eigenvalue weighted by Crippen LogP contribution is -2.56. The van der Waals surface area contributed by atoms with Crippen LogP contribution in [0, 0.1) is 12.8 Å². The highest BCUT2D eigenvalue weighted by molar-refractivity contribution is 8.00. The number of anilines is 1. The van der Waals surface area contributed by atoms with Crippen LogP contribution in [0.4, 0.5) is 5.69 Å². The van der Waals surface area contributed by atoms with Crippen LogP contribution in [0.15, 0.2) is 48.5 Å². The molecule has 0 aliphatic carbocycles. The third-order valence-corrected chi connectivity index (χ3v) is 8.22. The summed E-state index contributed by atoms with van der Waals surface area (Å²) in [5, 5.41) is 0.000384. The van der Waals surface area contributed by atoms with Crippen LogP contribution in [0.25, 0.3) is 0 Å². The second kappa shape index (κ2) is 10.7. The van der Waals surface area contributed by atoms with Crippen LogP contribution in [0.5, 0.6) is 5.75 Å². The summed E-state index contributed by atoms with van der Waals surface area (Å²) in [5.41, 5.74) is 2.70. The fourth-order valence-corrected chi connectivity index (χ4v) is 6.29. The average molecular weight is 482 g/mol. The first-order valence-corrected chi connectivity index (χ1v) is 13.2. The Labute approximate surface area is 207 Å². The molecule has 2 heterocycles. The molecule has 2 saturated heterocycles. The number of thioether (sulfide) groups is 1. The summed E-state index contributed by atoms with van der Waals surface area (Å²) in [4.78, 5) is 33.4. The monoisotopic (exact) mass is 481 g/mol. The van der Waals surface area contributed by atoms with Gasteiger partial charge >= 0.3 is 0 Å². The zero-order valence-electron chi connectivity index (χ0n) is 20.6. The summed E-state index contributed by atoms with van der Waals surface area (Å²) < 4.78 is 5.80. The molecular formula is C27H35N3O3S. The van der Waals surface area contributed by atoms with E-state index >= 15 is 0 Å². The topological polar surface area (TPSA) is 53.1 Å². The van der Waals surface area contributed by atoms with Crippen molar-refractivity contribution in [3.63, 3.8) is 0 Å². The van der Waals surface area contributed by atoms with Crippen LogP contribution in [0.1, 0.15) is 36.7 Å². The molecule has 0 saturated carbocycles. The summed E-state index contributed by atoms with van der Waals surface area (Å²) in [5.74, 6) is 1.82. The number of benzene rings is 2. The first-order valence-electron chi connectivity index (χ1n) is 12.2. The van der Waals surface area contributed by atoms with Gasteiger partial charge in [-0.3, -0.25) is 9.59 Å². The predicted molar refractivity (Wildman–Crippen MR) is 139 cm³/mol. The average Bonchev–Trinajstić information content (AvgIpc) is 3.30. The number of amides is 2. The standard InChI is InChI=1S/C27H35N3O3S/c1-5-33-24-13-9-8-12-22(24)28-14-16-29(17-15-28)26(32)23-18-34-27(19(2)3)30(23)25(31)21-11-7-6-10-20(21)4/h6-13,19,23,27H,5,14-18H2,1-4H3. The number of carbonyl (C=O) groups excluding carboxylic acids is 2. The highest BCUT2D eigenvalue weighted by atomic mass is 32.2. The predicted octanol–water partition coefficient (Wildman–Crippen LogP) is 4.28. The fourth-order valence-electron chi connectivity index (χ4n) is 4.82. The van der Waals surface area contributed by atoms with Crippen LogP contribution >= 0.6 is 11.8 Å². The molecule has 2 aliphatic heterocycles. The molecule has 0 N–H and O–H groups in total. The lowest BCUT2D eigenvalue weighted by molar-refractivity contribution is -0.135. The van der Waals surface area contributed by atoms with E-state index in [0.29, 0.717) is 31.0 Å². The smallest absolute Gasteiger partial charge is 0.255 e. The number of piperazine rings is 1. The van der Waals surface area contributed by atoms with E-state index in [4.69, 9.17) is 4.74 Å². The van der Waals surface area contributed by atoms with Crippen molar-refractivity contribution in [1.29, 1.82) is 0 Å². The molecule has 2 aliphatic rings. The number of aryl methyl sites for hydroxylation is 1. The molecule has 2 atom stereocenters. The van der Waals surface area contributed by atoms with Gasteiger partial charge in [-0.05, 0) is 43.5 Å². The van der Waals surface area contributed by atoms with Crippen molar-refractivity contribution in [2.45, 2.75) is 39.1 Å². The van der Waals surface area contributed by atoms with Crippen molar-refractivity contribution >= 4 is 29.3 Å². The van der Waals surface area contributed by atoms with Gasteiger partial charge in [-0.25, -0.2) is 0 Å². The summed E-state index contributed by atoms with van der Waals surface area (Å²) in [6.07, 6.45) is 0. The Balaban J connectivity index is 1.49. The lowest BCUT2D eigenvalue weighted by atomic mass is 10.0. The van der Waals surface area contributed by atoms with Gasteiger partial charge < -0.3 is 19.4 Å². The molecule has 0 spiro atoms. The van der Waals surface area contributed by atoms with Crippen LogP contribution in [0.3, 0.4) is 0 Å². The van der Waals surface area contributed by atoms with Crippen molar-refractivity contribution in [3.8, 4) is 5.75 Å². The van der Waals surface area contributed by atoms with E-state index in [2.05, 4.69) is 24.8 Å². The van der Waals surface area contributed by atoms with E-state index in [1.807, 2.05) is 66.1 Å². The van der Waals surface area contributed by atoms with Crippen molar-refractivity contribution in [2.75, 3.05) is 43.4 Å². The van der Waals surface area contributed by atoms with E-state index in [-0.39, 0.29) is 23.1 Å². The van der Waals surface area contributed by atoms with Crippen LogP contribution in [-0.4, -0.2) is 71.6 Å². The van der Waals surface area contributed by atoms with Crippen LogP contribution in [-0.2, 0) is 4.79 Å². The first kappa shape index (κ1) is 24.5. The van der Waals surface area contributed by atoms with Crippen LogP contribution < -0.4 is 9.64 Å². The highest BCUT2D eigenvalue weighted by Gasteiger charge is 2.45. The Morgan fingerprint density at radius 2 is 1.71 bits per heavy atom. The number of hydrogen-bond donors (Lipinski definition) is 0. The Hall–Kier alpha value is -2.67. The molecule has 2 fully saturated rings. The largest absolute Gasteiger partial charge is 0.492 e. The molecule has 4 rings (SSSR count). The number of nitrogens with zero attached hydrogens (tertiary/aromatic N) is 3. The molecule has 34 heavy (non-hydrogen) atoms. The highest BCUT2D eigenvalue weighted by Crippen LogP contribution is 2.37. The second-order valence-corrected chi connectivity index (χ2v) is 10.4. The van der Waals surface area contributed by atoms with Crippen molar-refractivity contribution in [3.05, 3.63) is 59.7 Å². The number of ether oxygens (including phenoxy) is 1. The molecule has 2 aromatic rings. The zero-order chi connectivity index (χ0) is 24.2. The summed E-state index contributed by atoms with van der Waals surface area (Å²) >= 11 is 1.72. The van der Waals surface area contributed by atoms with E-state index in [1.165, 1.54) is 0 Å². The quantitative estimate of drug-likeness (QED) is 0.616. The van der Waals surface area contributed by atoms with Gasteiger partial charge in [0.05, 0.1) is 17.7 Å². The Bertz CT molecular complexity index is 1020. The molecule has 2 aromatic carbocycles. The van der Waals surface area contributed by atoms with E-state index in [9.17, 15) is 9.59 Å². The number of carbonyl (C=O) groups is 2. The maximum Gasteiger partial charge on any atom is 0.255 e. The number of hydrogen-bond acceptors (Lipinski definition) is 5. The third kappa shape index (κ3) is 4.90. The van der Waals surface area contributed by atoms with Gasteiger partial charge in [-0.15, -0.1) is 11.8 Å². The zero-order valence-corrected chi connectivity index (χ0v) is 21.4. The van der Waals surface area contributed by atoms with E-state index in [0.717, 1.165) is 30.1 Å². The fraction of sp³-hybridized carbons (Fsp3) is 0.481. The molecule has 2 amide bonds. The molecule has 182 valence electrons. The van der Waals surface area contributed by atoms with E-state index in [1.54, 1.807) is 11.8 Å². The molecule has 0 radical (unpaired) electrons. The van der Waals surface area contributed by atoms with Gasteiger partial charge in [-0.2, -0.15) is 0 Å². The molecular weight excluding hydrogens is 446 g/mol. The normalized spacial score (nSPS) is 20.7. The number of rotatable bonds is 6. The summed E-state index contributed by atoms with van der Waals surface area (Å²) in [6.45, 7) is 11.6. The second-order valence-electron chi connectivity index (χ2n) is 9.22. The van der Waals surface area contributed by atoms with E-state index < -0.39 is 6.04 Å². The third-order valence-electron chi connectivity index (χ3n) is 6.60.